The van der Waals surface area contributed by atoms with Crippen molar-refractivity contribution in [3.8, 4) is 5.82 Å². The third-order valence-electron chi connectivity index (χ3n) is 5.11. The Morgan fingerprint density at radius 1 is 1.26 bits per heavy atom. The Balaban J connectivity index is 1.67. The summed E-state index contributed by atoms with van der Waals surface area (Å²) in [5.41, 5.74) is 0.138. The number of aromatic nitrogens is 3. The van der Waals surface area contributed by atoms with Gasteiger partial charge in [0.25, 0.3) is 0 Å². The molecule has 0 N–H and O–H groups in total. The molecule has 0 radical (unpaired) electrons. The van der Waals surface area contributed by atoms with Crippen molar-refractivity contribution >= 4 is 17.0 Å². The van der Waals surface area contributed by atoms with Gasteiger partial charge in [-0.15, -0.1) is 0 Å². The minimum Gasteiger partial charge on any atom is -0.444 e. The molecule has 1 fully saturated rings. The minimum atomic E-state index is -2.85. The highest BCUT2D eigenvalue weighted by molar-refractivity contribution is 7.69. The van der Waals surface area contributed by atoms with Crippen LogP contribution in [-0.2, 0) is 15.6 Å². The molecule has 11 heteroatoms. The molecule has 3 rings (SSSR count). The van der Waals surface area contributed by atoms with Gasteiger partial charge in [-0.05, 0) is 52.2 Å². The van der Waals surface area contributed by atoms with Crippen LogP contribution in [0.4, 0.5) is 9.18 Å². The number of ether oxygens (including phenoxy) is 1. The van der Waals surface area contributed by atoms with E-state index in [1.54, 1.807) is 30.2 Å². The summed E-state index contributed by atoms with van der Waals surface area (Å²) in [6.45, 7) is 8.08. The molecule has 9 nitrogen and oxygen atoms in total. The first kappa shape index (κ1) is 23.1. The normalized spacial score (nSPS) is 16.7. The number of nitrogens with zero attached hydrogens (tertiary/aromatic N) is 5. The van der Waals surface area contributed by atoms with E-state index in [1.165, 1.54) is 15.2 Å². The van der Waals surface area contributed by atoms with Crippen LogP contribution in [0.15, 0.2) is 30.7 Å². The molecule has 2 aromatic rings. The van der Waals surface area contributed by atoms with E-state index in [1.807, 2.05) is 20.8 Å². The van der Waals surface area contributed by atoms with E-state index in [9.17, 15) is 17.6 Å². The van der Waals surface area contributed by atoms with Crippen LogP contribution in [0.1, 0.15) is 52.1 Å². The van der Waals surface area contributed by atoms with E-state index in [4.69, 9.17) is 4.74 Å². The summed E-state index contributed by atoms with van der Waals surface area (Å²) in [6.07, 6.45) is 4.53. The Morgan fingerprint density at radius 3 is 2.42 bits per heavy atom. The van der Waals surface area contributed by atoms with E-state index < -0.39 is 28.4 Å². The van der Waals surface area contributed by atoms with Gasteiger partial charge in [0, 0.05) is 31.4 Å². The molecule has 31 heavy (non-hydrogen) atoms. The maximum absolute atomic E-state index is 13.2. The molecule has 0 saturated carbocycles. The first-order chi connectivity index (χ1) is 14.5. The van der Waals surface area contributed by atoms with E-state index >= 15 is 0 Å². The largest absolute Gasteiger partial charge is 0.444 e. The quantitative estimate of drug-likeness (QED) is 0.699. The Morgan fingerprint density at radius 2 is 1.94 bits per heavy atom. The second-order valence-corrected chi connectivity index (χ2v) is 9.48. The summed E-state index contributed by atoms with van der Waals surface area (Å²) in [7, 11) is -2.85. The van der Waals surface area contributed by atoms with Crippen molar-refractivity contribution < 1.29 is 22.3 Å². The third-order valence-corrected chi connectivity index (χ3v) is 6.16. The van der Waals surface area contributed by atoms with Crippen molar-refractivity contribution in [3.63, 3.8) is 0 Å². The van der Waals surface area contributed by atoms with Crippen molar-refractivity contribution in [1.82, 2.24) is 24.0 Å². The molecule has 0 aromatic carbocycles. The topological polar surface area (TPSA) is 97.6 Å². The van der Waals surface area contributed by atoms with Crippen LogP contribution < -0.4 is 0 Å². The Bertz CT molecular complexity index is 970. The summed E-state index contributed by atoms with van der Waals surface area (Å²) < 4.78 is 45.5. The summed E-state index contributed by atoms with van der Waals surface area (Å²) in [4.78, 5) is 18.2. The van der Waals surface area contributed by atoms with Crippen molar-refractivity contribution in [3.05, 3.63) is 42.1 Å². The van der Waals surface area contributed by atoms with Gasteiger partial charge in [0.05, 0.1) is 12.4 Å². The zero-order chi connectivity index (χ0) is 22.8. The van der Waals surface area contributed by atoms with Crippen LogP contribution >= 0.6 is 0 Å². The molecule has 3 heterocycles. The van der Waals surface area contributed by atoms with E-state index in [0.29, 0.717) is 37.3 Å². The molecule has 1 amide bonds. The number of halogens is 1. The van der Waals surface area contributed by atoms with Gasteiger partial charge in [-0.1, -0.05) is 6.07 Å². The molecule has 1 unspecified atom stereocenters. The fourth-order valence-electron chi connectivity index (χ4n) is 3.59. The fourth-order valence-corrected chi connectivity index (χ4v) is 4.50. The lowest BCUT2D eigenvalue weighted by Gasteiger charge is -2.38. The molecule has 1 aliphatic heterocycles. The maximum atomic E-state index is 13.2. The average molecular weight is 454 g/mol. The highest BCUT2D eigenvalue weighted by Gasteiger charge is 2.33. The van der Waals surface area contributed by atoms with E-state index in [0.717, 1.165) is 6.20 Å². The van der Waals surface area contributed by atoms with Gasteiger partial charge in [0.1, 0.15) is 5.60 Å². The number of rotatable bonds is 5. The van der Waals surface area contributed by atoms with Gasteiger partial charge in [0.15, 0.2) is 11.6 Å². The first-order valence-corrected chi connectivity index (χ1v) is 11.3. The zero-order valence-electron chi connectivity index (χ0n) is 18.1. The Hall–Kier alpha value is -2.53. The molecule has 0 spiro atoms. The van der Waals surface area contributed by atoms with Gasteiger partial charge in [0.2, 0.25) is 10.9 Å². The number of carbonyl (C=O) groups excluding carboxylic acids is 1. The standard InChI is InChI=1S/C20H28FN5O4S/c1-14(15-5-6-18(22-11-15)25-13-16(21)12-23-25)26(31(28)29)17-7-9-24(10-8-17)19(27)30-20(2,3)4/h5-6,11-14,17,31H,7-10H2,1-4H3. The summed E-state index contributed by atoms with van der Waals surface area (Å²) in [5, 5.41) is 3.87. The first-order valence-electron chi connectivity index (χ1n) is 10.1. The van der Waals surface area contributed by atoms with E-state index in [-0.39, 0.29) is 12.1 Å². The number of carbonyl (C=O) groups is 1. The smallest absolute Gasteiger partial charge is 0.410 e. The molecule has 1 aliphatic rings. The Labute approximate surface area is 182 Å². The second kappa shape index (κ2) is 9.31. The van der Waals surface area contributed by atoms with Gasteiger partial charge < -0.3 is 9.64 Å². The minimum absolute atomic E-state index is 0.227. The summed E-state index contributed by atoms with van der Waals surface area (Å²) in [6, 6.07) is 2.76. The van der Waals surface area contributed by atoms with Gasteiger partial charge in [-0.3, -0.25) is 0 Å². The number of hydrogen-bond acceptors (Lipinski definition) is 6. The lowest BCUT2D eigenvalue weighted by Crippen LogP contribution is -2.48. The Kier molecular flexibility index (Phi) is 6.95. The van der Waals surface area contributed by atoms with Crippen LogP contribution in [0.2, 0.25) is 0 Å². The molecule has 2 aromatic heterocycles. The predicted molar refractivity (Wildman–Crippen MR) is 113 cm³/mol. The van der Waals surface area contributed by atoms with Crippen molar-refractivity contribution in [2.24, 2.45) is 0 Å². The van der Waals surface area contributed by atoms with Crippen molar-refractivity contribution in [2.45, 2.75) is 58.2 Å². The molecule has 0 bridgehead atoms. The van der Waals surface area contributed by atoms with E-state index in [2.05, 4.69) is 10.1 Å². The SMILES string of the molecule is CC(c1ccc(-n2cc(F)cn2)nc1)N(C1CCN(C(=O)OC(C)(C)C)CC1)[SH](=O)=O. The van der Waals surface area contributed by atoms with Crippen LogP contribution in [-0.4, -0.2) is 63.2 Å². The second-order valence-electron chi connectivity index (χ2n) is 8.55. The van der Waals surface area contributed by atoms with Crippen molar-refractivity contribution in [1.29, 1.82) is 0 Å². The zero-order valence-corrected chi connectivity index (χ0v) is 19.0. The van der Waals surface area contributed by atoms with Crippen LogP contribution in [0.25, 0.3) is 5.82 Å². The molecular formula is C20H28FN5O4S. The number of amides is 1. The fraction of sp³-hybridized carbons (Fsp3) is 0.550. The number of pyridine rings is 1. The average Bonchev–Trinajstić information content (AvgIpc) is 3.13. The number of likely N-dealkylation sites (tertiary alicyclic amines) is 1. The number of piperidine rings is 1. The summed E-state index contributed by atoms with van der Waals surface area (Å²) >= 11 is 0. The highest BCUT2D eigenvalue weighted by atomic mass is 32.2. The predicted octanol–water partition coefficient (Wildman–Crippen LogP) is 2.70. The van der Waals surface area contributed by atoms with Gasteiger partial charge in [-0.25, -0.2) is 27.3 Å². The molecule has 1 atom stereocenters. The highest BCUT2D eigenvalue weighted by Crippen LogP contribution is 2.28. The lowest BCUT2D eigenvalue weighted by atomic mass is 10.0. The number of hydrogen-bond donors (Lipinski definition) is 1. The molecular weight excluding hydrogens is 425 g/mol. The van der Waals surface area contributed by atoms with Crippen molar-refractivity contribution in [2.75, 3.05) is 13.1 Å². The molecule has 1 saturated heterocycles. The maximum Gasteiger partial charge on any atom is 0.410 e. The van der Waals surface area contributed by atoms with Crippen LogP contribution in [0, 0.1) is 5.82 Å². The number of thiol groups is 1. The third kappa shape index (κ3) is 5.79. The monoisotopic (exact) mass is 453 g/mol. The van der Waals surface area contributed by atoms with Crippen LogP contribution in [0.5, 0.6) is 0 Å². The molecule has 170 valence electrons. The van der Waals surface area contributed by atoms with Gasteiger partial charge >= 0.3 is 6.09 Å². The molecule has 0 aliphatic carbocycles. The summed E-state index contributed by atoms with van der Waals surface area (Å²) in [5.74, 6) is -0.0323. The van der Waals surface area contributed by atoms with Gasteiger partial charge in [-0.2, -0.15) is 9.40 Å². The lowest BCUT2D eigenvalue weighted by molar-refractivity contribution is 0.0170. The van der Waals surface area contributed by atoms with Crippen LogP contribution in [0.3, 0.4) is 0 Å².